The van der Waals surface area contributed by atoms with E-state index in [1.165, 1.54) is 36.4 Å². The summed E-state index contributed by atoms with van der Waals surface area (Å²) in [5.41, 5.74) is 2.42. The number of thioether (sulfide) groups is 1. The second-order valence-corrected chi connectivity index (χ2v) is 4.34. The van der Waals surface area contributed by atoms with Gasteiger partial charge in [0.15, 0.2) is 0 Å². The van der Waals surface area contributed by atoms with Gasteiger partial charge in [0.1, 0.15) is 0 Å². The highest BCUT2D eigenvalue weighted by molar-refractivity contribution is 7.98. The maximum atomic E-state index is 4.26. The highest BCUT2D eigenvalue weighted by Gasteiger charge is 1.99. The van der Waals surface area contributed by atoms with E-state index in [4.69, 9.17) is 0 Å². The molecule has 0 amide bonds. The van der Waals surface area contributed by atoms with Crippen LogP contribution in [0.3, 0.4) is 0 Å². The minimum absolute atomic E-state index is 1.05. The average Bonchev–Trinajstić information content (AvgIpc) is 2.52. The van der Waals surface area contributed by atoms with E-state index in [1.54, 1.807) is 6.33 Å². The molecule has 74 valence electrons. The number of hydrogen-bond acceptors (Lipinski definition) is 2. The Bertz CT molecular complexity index is 233. The van der Waals surface area contributed by atoms with Gasteiger partial charge in [0.2, 0.25) is 0 Å². The lowest BCUT2D eigenvalue weighted by atomic mass is 10.3. The van der Waals surface area contributed by atoms with Gasteiger partial charge in [0.25, 0.3) is 0 Å². The van der Waals surface area contributed by atoms with Gasteiger partial charge < -0.3 is 4.98 Å². The maximum absolute atomic E-state index is 4.26. The summed E-state index contributed by atoms with van der Waals surface area (Å²) in [6.07, 6.45) is 5.77. The Hall–Kier alpha value is -0.440. The van der Waals surface area contributed by atoms with E-state index in [0.29, 0.717) is 0 Å². The SMILES string of the molecule is CCCCCSCc1nc[nH]c1C. The van der Waals surface area contributed by atoms with Gasteiger partial charge in [-0.15, -0.1) is 0 Å². The van der Waals surface area contributed by atoms with Crippen LogP contribution in [0, 0.1) is 6.92 Å². The highest BCUT2D eigenvalue weighted by atomic mass is 32.2. The molecule has 0 atom stereocenters. The van der Waals surface area contributed by atoms with Crippen molar-refractivity contribution in [2.75, 3.05) is 5.75 Å². The number of H-pyrrole nitrogens is 1. The number of aromatic nitrogens is 2. The van der Waals surface area contributed by atoms with Gasteiger partial charge in [-0.2, -0.15) is 11.8 Å². The molecule has 0 aliphatic rings. The summed E-state index contributed by atoms with van der Waals surface area (Å²) < 4.78 is 0. The van der Waals surface area contributed by atoms with Crippen molar-refractivity contribution in [3.63, 3.8) is 0 Å². The fourth-order valence-electron chi connectivity index (χ4n) is 1.16. The number of nitrogens with one attached hydrogen (secondary N) is 1. The van der Waals surface area contributed by atoms with Gasteiger partial charge in [0.05, 0.1) is 12.0 Å². The molecule has 0 spiro atoms. The van der Waals surface area contributed by atoms with E-state index in [9.17, 15) is 0 Å². The summed E-state index contributed by atoms with van der Waals surface area (Å²) in [6, 6.07) is 0. The van der Waals surface area contributed by atoms with Crippen molar-refractivity contribution in [2.45, 2.75) is 38.9 Å². The Balaban J connectivity index is 2.10. The van der Waals surface area contributed by atoms with Crippen LogP contribution < -0.4 is 0 Å². The fourth-order valence-corrected chi connectivity index (χ4v) is 2.19. The molecule has 3 heteroatoms. The van der Waals surface area contributed by atoms with Crippen molar-refractivity contribution in [1.29, 1.82) is 0 Å². The number of imidazole rings is 1. The lowest BCUT2D eigenvalue weighted by molar-refractivity contribution is 0.778. The predicted molar refractivity (Wildman–Crippen MR) is 59.0 cm³/mol. The molecule has 0 fully saturated rings. The second-order valence-electron chi connectivity index (χ2n) is 3.23. The Morgan fingerprint density at radius 3 is 2.92 bits per heavy atom. The summed E-state index contributed by atoms with van der Waals surface area (Å²) in [4.78, 5) is 7.35. The van der Waals surface area contributed by atoms with Crippen molar-refractivity contribution in [1.82, 2.24) is 9.97 Å². The van der Waals surface area contributed by atoms with E-state index < -0.39 is 0 Å². The van der Waals surface area contributed by atoms with E-state index in [2.05, 4.69) is 23.8 Å². The van der Waals surface area contributed by atoms with E-state index in [1.807, 2.05) is 11.8 Å². The average molecular weight is 198 g/mol. The Kier molecular flexibility index (Phi) is 4.98. The molecule has 0 aliphatic carbocycles. The third-order valence-corrected chi connectivity index (χ3v) is 3.12. The van der Waals surface area contributed by atoms with Crippen LogP contribution in [0.4, 0.5) is 0 Å². The summed E-state index contributed by atoms with van der Waals surface area (Å²) in [6.45, 7) is 4.32. The molecule has 1 N–H and O–H groups in total. The van der Waals surface area contributed by atoms with Gasteiger partial charge in [-0.05, 0) is 19.1 Å². The number of rotatable bonds is 6. The number of hydrogen-bond donors (Lipinski definition) is 1. The van der Waals surface area contributed by atoms with Crippen LogP contribution >= 0.6 is 11.8 Å². The van der Waals surface area contributed by atoms with Crippen LogP contribution in [0.25, 0.3) is 0 Å². The molecule has 0 saturated heterocycles. The smallest absolute Gasteiger partial charge is 0.0925 e. The van der Waals surface area contributed by atoms with Crippen molar-refractivity contribution in [3.8, 4) is 0 Å². The van der Waals surface area contributed by atoms with Crippen LogP contribution in [-0.2, 0) is 5.75 Å². The normalized spacial score (nSPS) is 10.6. The molecule has 13 heavy (non-hydrogen) atoms. The standard InChI is InChI=1S/C10H18N2S/c1-3-4-5-6-13-7-10-9(2)11-8-12-10/h8H,3-7H2,1-2H3,(H,11,12). The van der Waals surface area contributed by atoms with Crippen LogP contribution in [0.1, 0.15) is 37.6 Å². The second kappa shape index (κ2) is 6.08. The third kappa shape index (κ3) is 3.85. The monoisotopic (exact) mass is 198 g/mol. The first-order chi connectivity index (χ1) is 6.34. The summed E-state index contributed by atoms with van der Waals surface area (Å²) in [5.74, 6) is 2.32. The molecule has 0 aromatic carbocycles. The first kappa shape index (κ1) is 10.6. The first-order valence-electron chi connectivity index (χ1n) is 4.91. The van der Waals surface area contributed by atoms with Gasteiger partial charge in [-0.25, -0.2) is 4.98 Å². The number of unbranched alkanes of at least 4 members (excludes halogenated alkanes) is 2. The molecule has 2 nitrogen and oxygen atoms in total. The van der Waals surface area contributed by atoms with Crippen LogP contribution in [0.15, 0.2) is 6.33 Å². The molecule has 0 saturated carbocycles. The number of aromatic amines is 1. The van der Waals surface area contributed by atoms with Crippen molar-refractivity contribution >= 4 is 11.8 Å². The quantitative estimate of drug-likeness (QED) is 0.711. The predicted octanol–water partition coefficient (Wildman–Crippen LogP) is 3.14. The summed E-state index contributed by atoms with van der Waals surface area (Å²) in [5, 5.41) is 0. The van der Waals surface area contributed by atoms with Crippen LogP contribution in [-0.4, -0.2) is 15.7 Å². The molecule has 0 radical (unpaired) electrons. The summed E-state index contributed by atoms with van der Waals surface area (Å²) >= 11 is 1.98. The molecular weight excluding hydrogens is 180 g/mol. The van der Waals surface area contributed by atoms with Gasteiger partial charge in [-0.3, -0.25) is 0 Å². The largest absolute Gasteiger partial charge is 0.348 e. The lowest BCUT2D eigenvalue weighted by Gasteiger charge is -1.99. The Labute approximate surface area is 84.5 Å². The minimum atomic E-state index is 1.05. The van der Waals surface area contributed by atoms with Crippen molar-refractivity contribution in [2.24, 2.45) is 0 Å². The molecule has 0 bridgehead atoms. The molecule has 1 heterocycles. The summed E-state index contributed by atoms with van der Waals surface area (Å²) in [7, 11) is 0. The molecular formula is C10H18N2S. The molecule has 1 rings (SSSR count). The molecule has 1 aromatic rings. The number of aryl methyl sites for hydroxylation is 1. The highest BCUT2D eigenvalue weighted by Crippen LogP contribution is 2.14. The maximum Gasteiger partial charge on any atom is 0.0925 e. The van der Waals surface area contributed by atoms with Crippen LogP contribution in [0.2, 0.25) is 0 Å². The zero-order valence-corrected chi connectivity index (χ0v) is 9.28. The van der Waals surface area contributed by atoms with E-state index >= 15 is 0 Å². The third-order valence-electron chi connectivity index (χ3n) is 2.07. The first-order valence-corrected chi connectivity index (χ1v) is 6.06. The topological polar surface area (TPSA) is 28.7 Å². The molecule has 0 aliphatic heterocycles. The van der Waals surface area contributed by atoms with Crippen molar-refractivity contribution < 1.29 is 0 Å². The molecule has 0 unspecified atom stereocenters. The minimum Gasteiger partial charge on any atom is -0.348 e. The Morgan fingerprint density at radius 1 is 1.46 bits per heavy atom. The fraction of sp³-hybridized carbons (Fsp3) is 0.700. The molecule has 1 aromatic heterocycles. The Morgan fingerprint density at radius 2 is 2.31 bits per heavy atom. The van der Waals surface area contributed by atoms with E-state index in [-0.39, 0.29) is 0 Å². The number of nitrogens with zero attached hydrogens (tertiary/aromatic N) is 1. The zero-order chi connectivity index (χ0) is 9.52. The van der Waals surface area contributed by atoms with Crippen molar-refractivity contribution in [3.05, 3.63) is 17.7 Å². The van der Waals surface area contributed by atoms with E-state index in [0.717, 1.165) is 5.75 Å². The van der Waals surface area contributed by atoms with Crippen LogP contribution in [0.5, 0.6) is 0 Å². The van der Waals surface area contributed by atoms with Gasteiger partial charge in [0, 0.05) is 11.4 Å². The zero-order valence-electron chi connectivity index (χ0n) is 8.47. The van der Waals surface area contributed by atoms with Gasteiger partial charge in [-0.1, -0.05) is 19.8 Å². The lowest BCUT2D eigenvalue weighted by Crippen LogP contribution is -1.86. The van der Waals surface area contributed by atoms with Gasteiger partial charge >= 0.3 is 0 Å².